The van der Waals surface area contributed by atoms with E-state index in [0.29, 0.717) is 4.34 Å². The first-order valence-corrected chi connectivity index (χ1v) is 6.93. The summed E-state index contributed by atoms with van der Waals surface area (Å²) in [6.07, 6.45) is 1.38. The molecule has 1 amide bonds. The molecule has 0 aliphatic heterocycles. The van der Waals surface area contributed by atoms with Crippen molar-refractivity contribution in [3.8, 4) is 0 Å². The minimum Gasteiger partial charge on any atom is -0.478 e. The Hall–Kier alpha value is -1.92. The Morgan fingerprint density at radius 3 is 2.75 bits per heavy atom. The standard InChI is InChI=1S/C13H11ClN2O3S/c1-7(9-4-5-10(14)20-9)16-12(17)11-8(13(18)19)3-2-6-15-11/h2-7H,1H3,(H,16,17)(H,18,19). The van der Waals surface area contributed by atoms with Crippen molar-refractivity contribution in [2.45, 2.75) is 13.0 Å². The van der Waals surface area contributed by atoms with E-state index in [0.717, 1.165) is 4.88 Å². The molecule has 0 aliphatic carbocycles. The molecule has 0 fully saturated rings. The lowest BCUT2D eigenvalue weighted by molar-refractivity contribution is 0.0689. The van der Waals surface area contributed by atoms with Crippen molar-refractivity contribution in [2.24, 2.45) is 0 Å². The van der Waals surface area contributed by atoms with Crippen LogP contribution in [0.5, 0.6) is 0 Å². The minimum absolute atomic E-state index is 0.102. The molecule has 5 nitrogen and oxygen atoms in total. The Bertz CT molecular complexity index is 657. The third-order valence-electron chi connectivity index (χ3n) is 2.62. The van der Waals surface area contributed by atoms with Gasteiger partial charge in [0.05, 0.1) is 15.9 Å². The molecule has 0 saturated heterocycles. The van der Waals surface area contributed by atoms with E-state index >= 15 is 0 Å². The number of nitrogens with one attached hydrogen (secondary N) is 1. The van der Waals surface area contributed by atoms with Gasteiger partial charge in [0.1, 0.15) is 5.69 Å². The number of carbonyl (C=O) groups is 2. The number of carbonyl (C=O) groups excluding carboxylic acids is 1. The van der Waals surface area contributed by atoms with Crippen molar-refractivity contribution in [1.82, 2.24) is 10.3 Å². The van der Waals surface area contributed by atoms with Crippen LogP contribution in [0.1, 0.15) is 38.7 Å². The Labute approximate surface area is 124 Å². The third-order valence-corrected chi connectivity index (χ3v) is 4.04. The molecule has 20 heavy (non-hydrogen) atoms. The van der Waals surface area contributed by atoms with E-state index in [-0.39, 0.29) is 17.3 Å². The molecule has 0 aromatic carbocycles. The van der Waals surface area contributed by atoms with Gasteiger partial charge in [-0.3, -0.25) is 9.78 Å². The minimum atomic E-state index is -1.19. The molecule has 0 spiro atoms. The molecule has 2 heterocycles. The summed E-state index contributed by atoms with van der Waals surface area (Å²) in [6.45, 7) is 1.80. The number of amides is 1. The van der Waals surface area contributed by atoms with Crippen LogP contribution in [-0.2, 0) is 0 Å². The number of rotatable bonds is 4. The maximum absolute atomic E-state index is 12.1. The monoisotopic (exact) mass is 310 g/mol. The largest absolute Gasteiger partial charge is 0.478 e. The highest BCUT2D eigenvalue weighted by Gasteiger charge is 2.20. The first-order valence-electron chi connectivity index (χ1n) is 5.73. The van der Waals surface area contributed by atoms with E-state index in [9.17, 15) is 9.59 Å². The Morgan fingerprint density at radius 2 is 2.15 bits per heavy atom. The lowest BCUT2D eigenvalue weighted by Crippen LogP contribution is -2.28. The van der Waals surface area contributed by atoms with Crippen LogP contribution in [0.3, 0.4) is 0 Å². The Balaban J connectivity index is 2.18. The molecular formula is C13H11ClN2O3S. The number of halogens is 1. The van der Waals surface area contributed by atoms with Crippen molar-refractivity contribution >= 4 is 34.8 Å². The molecule has 104 valence electrons. The van der Waals surface area contributed by atoms with Gasteiger partial charge in [-0.25, -0.2) is 4.79 Å². The average Bonchev–Trinajstić information content (AvgIpc) is 2.85. The fraction of sp³-hybridized carbons (Fsp3) is 0.154. The molecule has 0 bridgehead atoms. The molecule has 0 saturated carbocycles. The number of aromatic carboxylic acids is 1. The highest BCUT2D eigenvalue weighted by molar-refractivity contribution is 7.16. The van der Waals surface area contributed by atoms with Gasteiger partial charge in [0, 0.05) is 11.1 Å². The zero-order chi connectivity index (χ0) is 14.7. The van der Waals surface area contributed by atoms with Crippen LogP contribution in [0.2, 0.25) is 4.34 Å². The lowest BCUT2D eigenvalue weighted by atomic mass is 10.1. The van der Waals surface area contributed by atoms with Crippen LogP contribution in [0.4, 0.5) is 0 Å². The number of nitrogens with zero attached hydrogens (tertiary/aromatic N) is 1. The summed E-state index contributed by atoms with van der Waals surface area (Å²) in [6, 6.07) is 6.10. The number of hydrogen-bond donors (Lipinski definition) is 2. The molecule has 7 heteroatoms. The third kappa shape index (κ3) is 3.15. The smallest absolute Gasteiger partial charge is 0.338 e. The normalized spacial score (nSPS) is 11.9. The molecule has 1 unspecified atom stereocenters. The van der Waals surface area contributed by atoms with E-state index in [2.05, 4.69) is 10.3 Å². The Morgan fingerprint density at radius 1 is 1.40 bits per heavy atom. The van der Waals surface area contributed by atoms with Gasteiger partial charge in [0.15, 0.2) is 0 Å². The van der Waals surface area contributed by atoms with E-state index in [1.165, 1.54) is 29.7 Å². The van der Waals surface area contributed by atoms with Gasteiger partial charge < -0.3 is 10.4 Å². The van der Waals surface area contributed by atoms with Crippen molar-refractivity contribution in [2.75, 3.05) is 0 Å². The van der Waals surface area contributed by atoms with Crippen molar-refractivity contribution in [3.05, 3.63) is 50.9 Å². The van der Waals surface area contributed by atoms with Crippen LogP contribution in [0.15, 0.2) is 30.5 Å². The fourth-order valence-electron chi connectivity index (χ4n) is 1.66. The zero-order valence-corrected chi connectivity index (χ0v) is 12.0. The fourth-order valence-corrected chi connectivity index (χ4v) is 2.72. The van der Waals surface area contributed by atoms with Gasteiger partial charge >= 0.3 is 5.97 Å². The molecular weight excluding hydrogens is 300 g/mol. The van der Waals surface area contributed by atoms with Crippen LogP contribution in [0.25, 0.3) is 0 Å². The summed E-state index contributed by atoms with van der Waals surface area (Å²) >= 11 is 7.20. The highest BCUT2D eigenvalue weighted by atomic mass is 35.5. The predicted octanol–water partition coefficient (Wildman–Crippen LogP) is 2.99. The Kier molecular flexibility index (Phi) is 4.36. The quantitative estimate of drug-likeness (QED) is 0.910. The molecule has 0 radical (unpaired) electrons. The van der Waals surface area contributed by atoms with E-state index < -0.39 is 11.9 Å². The summed E-state index contributed by atoms with van der Waals surface area (Å²) < 4.78 is 0.630. The van der Waals surface area contributed by atoms with E-state index in [1.807, 2.05) is 6.07 Å². The predicted molar refractivity (Wildman–Crippen MR) is 76.4 cm³/mol. The second kappa shape index (κ2) is 6.02. The number of aromatic nitrogens is 1. The van der Waals surface area contributed by atoms with Crippen molar-refractivity contribution in [3.63, 3.8) is 0 Å². The van der Waals surface area contributed by atoms with Crippen molar-refractivity contribution in [1.29, 1.82) is 0 Å². The van der Waals surface area contributed by atoms with E-state index in [1.54, 1.807) is 13.0 Å². The summed E-state index contributed by atoms with van der Waals surface area (Å²) in [4.78, 5) is 27.9. The van der Waals surface area contributed by atoms with Gasteiger partial charge in [-0.05, 0) is 31.2 Å². The number of thiophene rings is 1. The molecule has 0 aliphatic rings. The summed E-state index contributed by atoms with van der Waals surface area (Å²) in [5.74, 6) is -1.71. The van der Waals surface area contributed by atoms with Gasteiger partial charge in [0.25, 0.3) is 5.91 Å². The van der Waals surface area contributed by atoms with Gasteiger partial charge in [0.2, 0.25) is 0 Å². The summed E-state index contributed by atoms with van der Waals surface area (Å²) in [7, 11) is 0. The van der Waals surface area contributed by atoms with Crippen LogP contribution < -0.4 is 5.32 Å². The number of hydrogen-bond acceptors (Lipinski definition) is 4. The first kappa shape index (κ1) is 14.5. The highest BCUT2D eigenvalue weighted by Crippen LogP contribution is 2.26. The van der Waals surface area contributed by atoms with Crippen LogP contribution >= 0.6 is 22.9 Å². The summed E-state index contributed by atoms with van der Waals surface area (Å²) in [5.41, 5.74) is -0.226. The zero-order valence-electron chi connectivity index (χ0n) is 10.5. The van der Waals surface area contributed by atoms with Gasteiger partial charge in [-0.2, -0.15) is 0 Å². The molecule has 2 rings (SSSR count). The molecule has 1 atom stereocenters. The average molecular weight is 311 g/mol. The molecule has 2 N–H and O–H groups in total. The number of carboxylic acid groups (broad SMARTS) is 1. The van der Waals surface area contributed by atoms with Gasteiger partial charge in [-0.1, -0.05) is 11.6 Å². The maximum atomic E-state index is 12.1. The second-order valence-corrected chi connectivity index (χ2v) is 5.79. The van der Waals surface area contributed by atoms with Crippen molar-refractivity contribution < 1.29 is 14.7 Å². The summed E-state index contributed by atoms with van der Waals surface area (Å²) in [5, 5.41) is 11.7. The second-order valence-electron chi connectivity index (χ2n) is 4.04. The first-order chi connectivity index (χ1) is 9.49. The number of pyridine rings is 1. The topological polar surface area (TPSA) is 79.3 Å². The number of carboxylic acids is 1. The van der Waals surface area contributed by atoms with Crippen LogP contribution in [0, 0.1) is 0 Å². The van der Waals surface area contributed by atoms with E-state index in [4.69, 9.17) is 16.7 Å². The molecule has 2 aromatic rings. The molecule has 2 aromatic heterocycles. The van der Waals surface area contributed by atoms with Crippen LogP contribution in [-0.4, -0.2) is 22.0 Å². The van der Waals surface area contributed by atoms with Gasteiger partial charge in [-0.15, -0.1) is 11.3 Å². The SMILES string of the molecule is CC(NC(=O)c1ncccc1C(=O)O)c1ccc(Cl)s1. The maximum Gasteiger partial charge on any atom is 0.338 e. The lowest BCUT2D eigenvalue weighted by Gasteiger charge is -2.12.